The van der Waals surface area contributed by atoms with Crippen molar-refractivity contribution < 1.29 is 26.7 Å². The van der Waals surface area contributed by atoms with Gasteiger partial charge in [0.15, 0.2) is 0 Å². The van der Waals surface area contributed by atoms with E-state index in [4.69, 9.17) is 0 Å². The van der Waals surface area contributed by atoms with Crippen molar-refractivity contribution in [2.75, 3.05) is 22.4 Å². The van der Waals surface area contributed by atoms with Gasteiger partial charge in [0.25, 0.3) is 5.91 Å². The van der Waals surface area contributed by atoms with E-state index in [9.17, 15) is 22.0 Å². The van der Waals surface area contributed by atoms with E-state index < -0.39 is 16.6 Å². The molecule has 138 valence electrons. The topological polar surface area (TPSA) is 75.7 Å². The Hall–Kier alpha value is -2.68. The average Bonchev–Trinajstić information content (AvgIpc) is 2.99. The number of rotatable bonds is 5. The van der Waals surface area contributed by atoms with Crippen LogP contribution in [0.25, 0.3) is 0 Å². The number of sulfonamides is 1. The van der Waals surface area contributed by atoms with Crippen molar-refractivity contribution in [2.24, 2.45) is 0 Å². The Morgan fingerprint density at radius 3 is 2.50 bits per heavy atom. The monoisotopic (exact) mass is 382 g/mol. The van der Waals surface area contributed by atoms with Crippen molar-refractivity contribution in [3.05, 3.63) is 53.6 Å². The maximum Gasteiger partial charge on any atom is 0.387 e. The second-order valence-corrected chi connectivity index (χ2v) is 7.69. The van der Waals surface area contributed by atoms with Gasteiger partial charge in [-0.25, -0.2) is 8.42 Å². The Labute approximate surface area is 149 Å². The predicted molar refractivity (Wildman–Crippen MR) is 93.4 cm³/mol. The van der Waals surface area contributed by atoms with Crippen LogP contribution in [-0.4, -0.2) is 33.7 Å². The van der Waals surface area contributed by atoms with Crippen molar-refractivity contribution in [1.29, 1.82) is 0 Å². The van der Waals surface area contributed by atoms with Crippen LogP contribution in [-0.2, 0) is 16.4 Å². The van der Waals surface area contributed by atoms with Crippen LogP contribution < -0.4 is 14.4 Å². The number of benzene rings is 2. The van der Waals surface area contributed by atoms with Gasteiger partial charge in [0.05, 0.1) is 11.9 Å². The van der Waals surface area contributed by atoms with Crippen molar-refractivity contribution in [3.63, 3.8) is 0 Å². The van der Waals surface area contributed by atoms with Crippen LogP contribution in [0.5, 0.6) is 5.75 Å². The molecule has 0 fully saturated rings. The molecule has 26 heavy (non-hydrogen) atoms. The largest absolute Gasteiger partial charge is 0.435 e. The first kappa shape index (κ1) is 18.1. The van der Waals surface area contributed by atoms with E-state index >= 15 is 0 Å². The van der Waals surface area contributed by atoms with E-state index in [1.165, 1.54) is 28.6 Å². The molecule has 2 aromatic rings. The molecule has 0 saturated carbocycles. The van der Waals surface area contributed by atoms with E-state index in [1.807, 2.05) is 0 Å². The summed E-state index contributed by atoms with van der Waals surface area (Å²) in [5.41, 5.74) is 2.17. The van der Waals surface area contributed by atoms with Gasteiger partial charge in [-0.1, -0.05) is 0 Å². The Kier molecular flexibility index (Phi) is 4.82. The molecule has 2 aromatic carbocycles. The van der Waals surface area contributed by atoms with Crippen LogP contribution in [0.2, 0.25) is 0 Å². The van der Waals surface area contributed by atoms with Crippen LogP contribution in [0.3, 0.4) is 0 Å². The Balaban J connectivity index is 1.73. The van der Waals surface area contributed by atoms with Crippen LogP contribution in [0.15, 0.2) is 42.5 Å². The minimum atomic E-state index is -3.34. The lowest BCUT2D eigenvalue weighted by molar-refractivity contribution is -0.0498. The van der Waals surface area contributed by atoms with E-state index in [0.29, 0.717) is 29.9 Å². The molecule has 1 aliphatic heterocycles. The number of anilines is 2. The van der Waals surface area contributed by atoms with Crippen molar-refractivity contribution in [2.45, 2.75) is 13.0 Å². The summed E-state index contributed by atoms with van der Waals surface area (Å²) >= 11 is 0. The highest BCUT2D eigenvalue weighted by Gasteiger charge is 2.26. The molecular weight excluding hydrogens is 366 g/mol. The van der Waals surface area contributed by atoms with Crippen LogP contribution in [0.4, 0.5) is 20.2 Å². The van der Waals surface area contributed by atoms with Crippen LogP contribution in [0, 0.1) is 0 Å². The fraction of sp³-hybridized carbons (Fsp3) is 0.235. The van der Waals surface area contributed by atoms with E-state index in [1.54, 1.807) is 18.2 Å². The van der Waals surface area contributed by atoms with Gasteiger partial charge in [0, 0.05) is 17.8 Å². The highest BCUT2D eigenvalue weighted by Crippen LogP contribution is 2.31. The van der Waals surface area contributed by atoms with Gasteiger partial charge in [-0.05, 0) is 54.4 Å². The van der Waals surface area contributed by atoms with Gasteiger partial charge < -0.3 is 10.1 Å². The third-order valence-electron chi connectivity index (χ3n) is 3.93. The van der Waals surface area contributed by atoms with Crippen LogP contribution in [0.1, 0.15) is 15.9 Å². The highest BCUT2D eigenvalue weighted by atomic mass is 32.2. The molecule has 1 heterocycles. The predicted octanol–water partition coefficient (Wildman–Crippen LogP) is 2.86. The van der Waals surface area contributed by atoms with Gasteiger partial charge >= 0.3 is 6.61 Å². The number of carbonyl (C=O) groups excluding carboxylic acids is 1. The number of alkyl halides is 2. The quantitative estimate of drug-likeness (QED) is 0.863. The summed E-state index contributed by atoms with van der Waals surface area (Å²) in [6, 6.07) is 10.4. The Morgan fingerprint density at radius 2 is 1.88 bits per heavy atom. The summed E-state index contributed by atoms with van der Waals surface area (Å²) in [5.74, 6) is -0.385. The molecule has 0 unspecified atom stereocenters. The normalized spacial score (nSPS) is 13.6. The smallest absolute Gasteiger partial charge is 0.387 e. The summed E-state index contributed by atoms with van der Waals surface area (Å²) in [4.78, 5) is 12.4. The number of halogens is 2. The zero-order valence-electron chi connectivity index (χ0n) is 13.8. The number of hydrogen-bond acceptors (Lipinski definition) is 4. The Bertz CT molecular complexity index is 930. The van der Waals surface area contributed by atoms with Gasteiger partial charge in [-0.2, -0.15) is 8.78 Å². The molecule has 0 saturated heterocycles. The number of amides is 1. The zero-order valence-corrected chi connectivity index (χ0v) is 14.6. The van der Waals surface area contributed by atoms with E-state index in [0.717, 1.165) is 11.8 Å². The summed E-state index contributed by atoms with van der Waals surface area (Å²) < 4.78 is 53.3. The van der Waals surface area contributed by atoms with Gasteiger partial charge in [-0.15, -0.1) is 0 Å². The molecule has 0 aliphatic carbocycles. The van der Waals surface area contributed by atoms with E-state index in [-0.39, 0.29) is 11.7 Å². The molecule has 1 amide bonds. The molecule has 0 bridgehead atoms. The SMILES string of the molecule is CS(=O)(=O)N1CCc2cc(C(=O)Nc3ccc(OC(F)F)cc3)ccc21. The first-order chi connectivity index (χ1) is 12.2. The zero-order chi connectivity index (χ0) is 18.9. The second-order valence-electron chi connectivity index (χ2n) is 5.79. The molecule has 0 atom stereocenters. The van der Waals surface area contributed by atoms with Crippen molar-refractivity contribution >= 4 is 27.3 Å². The fourth-order valence-electron chi connectivity index (χ4n) is 2.78. The lowest BCUT2D eigenvalue weighted by Gasteiger charge is -2.16. The minimum Gasteiger partial charge on any atom is -0.435 e. The number of carbonyl (C=O) groups is 1. The minimum absolute atomic E-state index is 0.00334. The summed E-state index contributed by atoms with van der Waals surface area (Å²) in [6.45, 7) is -2.56. The molecule has 0 spiro atoms. The summed E-state index contributed by atoms with van der Waals surface area (Å²) in [7, 11) is -3.34. The van der Waals surface area contributed by atoms with Gasteiger partial charge in [-0.3, -0.25) is 9.10 Å². The summed E-state index contributed by atoms with van der Waals surface area (Å²) in [6.07, 6.45) is 1.67. The molecule has 6 nitrogen and oxygen atoms in total. The lowest BCUT2D eigenvalue weighted by Crippen LogP contribution is -2.27. The second kappa shape index (κ2) is 6.91. The molecule has 0 radical (unpaired) electrons. The average molecular weight is 382 g/mol. The first-order valence-electron chi connectivity index (χ1n) is 7.71. The third-order valence-corrected chi connectivity index (χ3v) is 5.11. The van der Waals surface area contributed by atoms with Crippen molar-refractivity contribution in [1.82, 2.24) is 0 Å². The number of hydrogen-bond donors (Lipinski definition) is 1. The number of ether oxygens (including phenoxy) is 1. The van der Waals surface area contributed by atoms with Gasteiger partial charge in [0.1, 0.15) is 5.75 Å². The third kappa shape index (κ3) is 3.93. The Morgan fingerprint density at radius 1 is 1.19 bits per heavy atom. The van der Waals surface area contributed by atoms with E-state index in [2.05, 4.69) is 10.1 Å². The highest BCUT2D eigenvalue weighted by molar-refractivity contribution is 7.92. The first-order valence-corrected chi connectivity index (χ1v) is 9.56. The van der Waals surface area contributed by atoms with Crippen LogP contribution >= 0.6 is 0 Å². The fourth-order valence-corrected chi connectivity index (χ4v) is 3.74. The van der Waals surface area contributed by atoms with Gasteiger partial charge in [0.2, 0.25) is 10.0 Å². The molecule has 1 N–H and O–H groups in total. The standard InChI is InChI=1S/C17H16F2N2O4S/c1-26(23,24)21-9-8-11-10-12(2-7-15(11)21)16(22)20-13-3-5-14(6-4-13)25-17(18)19/h2-7,10,17H,8-9H2,1H3,(H,20,22). The molecule has 0 aromatic heterocycles. The molecule has 9 heteroatoms. The van der Waals surface area contributed by atoms with Crippen molar-refractivity contribution in [3.8, 4) is 5.75 Å². The number of nitrogens with zero attached hydrogens (tertiary/aromatic N) is 1. The molecular formula is C17H16F2N2O4S. The maximum absolute atomic E-state index is 12.4. The lowest BCUT2D eigenvalue weighted by atomic mass is 10.1. The maximum atomic E-state index is 12.4. The number of nitrogens with one attached hydrogen (secondary N) is 1. The molecule has 1 aliphatic rings. The number of fused-ring (bicyclic) bond motifs is 1. The summed E-state index contributed by atoms with van der Waals surface area (Å²) in [5, 5.41) is 2.66. The molecule has 3 rings (SSSR count).